The SMILES string of the molecule is CC(C)C[C@H](NC(=O)[C@H](Cc1c[nH]c2ccccc12)NC(=O)CNC(=O)[C@H](Cc1ccc(O)cc1)NC(=O)[C@H](C)N)C(=O)N[C@@H](CC(=O)O)C(=O)N[C@@H](C)C(N)=O. The number of aromatic amines is 1. The fourth-order valence-corrected chi connectivity index (χ4v) is 5.66. The number of fused-ring (bicyclic) bond motifs is 1. The normalized spacial score (nSPS) is 14.2. The Bertz CT molecular complexity index is 1930. The van der Waals surface area contributed by atoms with Crippen LogP contribution in [0, 0.1) is 5.92 Å². The Hall–Kier alpha value is -6.50. The molecule has 0 saturated heterocycles. The van der Waals surface area contributed by atoms with Crippen molar-refractivity contribution in [2.75, 3.05) is 6.54 Å². The third-order valence-corrected chi connectivity index (χ3v) is 8.73. The first-order valence-corrected chi connectivity index (χ1v) is 18.2. The molecule has 0 bridgehead atoms. The van der Waals surface area contributed by atoms with Crippen molar-refractivity contribution in [1.29, 1.82) is 0 Å². The summed E-state index contributed by atoms with van der Waals surface area (Å²) in [6.07, 6.45) is 0.774. The first-order valence-electron chi connectivity index (χ1n) is 18.2. The van der Waals surface area contributed by atoms with Crippen LogP contribution in [0.5, 0.6) is 5.75 Å². The van der Waals surface area contributed by atoms with E-state index in [1.54, 1.807) is 38.2 Å². The van der Waals surface area contributed by atoms with E-state index < -0.39 is 96.5 Å². The summed E-state index contributed by atoms with van der Waals surface area (Å²) in [5, 5.41) is 34.7. The van der Waals surface area contributed by atoms with Gasteiger partial charge in [0, 0.05) is 29.9 Å². The summed E-state index contributed by atoms with van der Waals surface area (Å²) in [5.41, 5.74) is 12.9. The number of aromatic nitrogens is 1. The van der Waals surface area contributed by atoms with Gasteiger partial charge in [-0.2, -0.15) is 0 Å². The van der Waals surface area contributed by atoms with Crippen molar-refractivity contribution < 1.29 is 48.6 Å². The van der Waals surface area contributed by atoms with Crippen LogP contribution >= 0.6 is 0 Å². The molecule has 1 heterocycles. The van der Waals surface area contributed by atoms with Gasteiger partial charge in [0.1, 0.15) is 36.0 Å². The Morgan fingerprint density at radius 3 is 1.89 bits per heavy atom. The van der Waals surface area contributed by atoms with Crippen molar-refractivity contribution in [3.63, 3.8) is 0 Å². The van der Waals surface area contributed by atoms with Crippen LogP contribution in [0.2, 0.25) is 0 Å². The van der Waals surface area contributed by atoms with Crippen LogP contribution < -0.4 is 43.4 Å². The van der Waals surface area contributed by atoms with Crippen LogP contribution in [-0.4, -0.2) is 105 Å². The maximum Gasteiger partial charge on any atom is 0.305 e. The Kier molecular flexibility index (Phi) is 16.5. The minimum Gasteiger partial charge on any atom is -0.508 e. The zero-order valence-electron chi connectivity index (χ0n) is 32.1. The summed E-state index contributed by atoms with van der Waals surface area (Å²) in [6.45, 7) is 5.63. The molecule has 0 aliphatic carbocycles. The highest BCUT2D eigenvalue weighted by Gasteiger charge is 2.33. The van der Waals surface area contributed by atoms with Gasteiger partial charge in [0.2, 0.25) is 41.4 Å². The highest BCUT2D eigenvalue weighted by molar-refractivity contribution is 5.97. The number of hydrogen-bond acceptors (Lipinski definition) is 10. The monoisotopic (exact) mass is 793 g/mol. The lowest BCUT2D eigenvalue weighted by molar-refractivity contribution is -0.141. The van der Waals surface area contributed by atoms with Crippen LogP contribution in [0.25, 0.3) is 10.9 Å². The van der Waals surface area contributed by atoms with Gasteiger partial charge >= 0.3 is 5.97 Å². The molecule has 19 nitrogen and oxygen atoms in total. The zero-order chi connectivity index (χ0) is 42.4. The minimum absolute atomic E-state index is 0.0000613. The van der Waals surface area contributed by atoms with Crippen molar-refractivity contribution >= 4 is 58.2 Å². The number of phenols is 1. The maximum atomic E-state index is 14.0. The molecule has 57 heavy (non-hydrogen) atoms. The first-order chi connectivity index (χ1) is 26.8. The number of carbonyl (C=O) groups is 8. The van der Waals surface area contributed by atoms with Gasteiger partial charge in [-0.05, 0) is 55.5 Å². The van der Waals surface area contributed by atoms with Crippen molar-refractivity contribution in [1.82, 2.24) is 36.9 Å². The number of aliphatic carboxylic acids is 1. The molecule has 3 aromatic rings. The van der Waals surface area contributed by atoms with Gasteiger partial charge in [0.15, 0.2) is 0 Å². The minimum atomic E-state index is -1.63. The summed E-state index contributed by atoms with van der Waals surface area (Å²) >= 11 is 0. The molecule has 19 heteroatoms. The number of carboxylic acids is 1. The van der Waals surface area contributed by atoms with E-state index in [0.717, 1.165) is 10.9 Å². The Morgan fingerprint density at radius 2 is 1.28 bits per heavy atom. The standard InChI is InChI=1S/C38H51N9O10/c1-19(2)13-27(37(56)47-30(16-32(50)51)36(55)43-21(4)33(40)52)46-38(57)29(15-23-17-41-26-8-6-5-7-25(23)26)44-31(49)18-42-35(54)28(45-34(53)20(3)39)14-22-9-11-24(48)12-10-22/h5-12,17,19-21,27-30,41,48H,13-16,18,39H2,1-4H3,(H2,40,52)(H,42,54)(H,43,55)(H,44,49)(H,45,53)(H,46,57)(H,47,56)(H,50,51)/t20-,21-,27-,28-,29-,30-/m0/s1. The number of hydrogen-bond donors (Lipinski definition) is 11. The predicted octanol–water partition coefficient (Wildman–Crippen LogP) is -1.43. The van der Waals surface area contributed by atoms with Crippen LogP contribution in [0.3, 0.4) is 0 Å². The van der Waals surface area contributed by atoms with E-state index in [4.69, 9.17) is 11.5 Å². The number of aromatic hydroxyl groups is 1. The molecule has 0 radical (unpaired) electrons. The molecule has 0 saturated carbocycles. The number of primary amides is 1. The second-order valence-electron chi connectivity index (χ2n) is 14.1. The second kappa shape index (κ2) is 21.0. The van der Waals surface area contributed by atoms with Gasteiger partial charge in [0.25, 0.3) is 0 Å². The summed E-state index contributed by atoms with van der Waals surface area (Å²) < 4.78 is 0. The first kappa shape index (κ1) is 44.9. The number of rotatable bonds is 21. The average Bonchev–Trinajstić information content (AvgIpc) is 3.55. The van der Waals surface area contributed by atoms with E-state index in [1.807, 2.05) is 18.2 Å². The van der Waals surface area contributed by atoms with Gasteiger partial charge in [-0.3, -0.25) is 38.4 Å². The molecule has 7 amide bonds. The molecule has 0 spiro atoms. The quantitative estimate of drug-likeness (QED) is 0.0594. The average molecular weight is 794 g/mol. The predicted molar refractivity (Wildman–Crippen MR) is 207 cm³/mol. The fourth-order valence-electron chi connectivity index (χ4n) is 5.66. The lowest BCUT2D eigenvalue weighted by atomic mass is 10.00. The molecule has 0 unspecified atom stereocenters. The van der Waals surface area contributed by atoms with E-state index in [2.05, 4.69) is 36.9 Å². The van der Waals surface area contributed by atoms with Gasteiger partial charge in [0.05, 0.1) is 19.0 Å². The Morgan fingerprint density at radius 1 is 0.702 bits per heavy atom. The molecule has 308 valence electrons. The van der Waals surface area contributed by atoms with Gasteiger partial charge in [-0.25, -0.2) is 0 Å². The van der Waals surface area contributed by atoms with Crippen LogP contribution in [0.4, 0.5) is 0 Å². The molecular weight excluding hydrogens is 742 g/mol. The summed E-state index contributed by atoms with van der Waals surface area (Å²) in [4.78, 5) is 106. The van der Waals surface area contributed by atoms with Crippen molar-refractivity contribution in [2.24, 2.45) is 17.4 Å². The molecule has 0 aliphatic rings. The zero-order valence-corrected chi connectivity index (χ0v) is 32.1. The lowest BCUT2D eigenvalue weighted by Crippen LogP contribution is -2.59. The van der Waals surface area contributed by atoms with Crippen LogP contribution in [0.1, 0.15) is 51.7 Å². The van der Waals surface area contributed by atoms with E-state index in [0.29, 0.717) is 11.1 Å². The molecule has 6 atom stereocenters. The highest BCUT2D eigenvalue weighted by atomic mass is 16.4. The van der Waals surface area contributed by atoms with Crippen molar-refractivity contribution in [2.45, 2.75) is 89.6 Å². The number of phenolic OH excluding ortho intramolecular Hbond substituents is 1. The third-order valence-electron chi connectivity index (χ3n) is 8.73. The highest BCUT2D eigenvalue weighted by Crippen LogP contribution is 2.20. The molecule has 1 aromatic heterocycles. The number of amides is 7. The molecule has 13 N–H and O–H groups in total. The van der Waals surface area contributed by atoms with E-state index >= 15 is 0 Å². The molecule has 2 aromatic carbocycles. The number of para-hydroxylation sites is 1. The molecular formula is C38H51N9O10. The van der Waals surface area contributed by atoms with Crippen molar-refractivity contribution in [3.8, 4) is 5.75 Å². The van der Waals surface area contributed by atoms with Gasteiger partial charge in [-0.15, -0.1) is 0 Å². The van der Waals surface area contributed by atoms with Crippen LogP contribution in [0.15, 0.2) is 54.7 Å². The number of nitrogens with one attached hydrogen (secondary N) is 7. The molecule has 0 fully saturated rings. The largest absolute Gasteiger partial charge is 0.508 e. The Labute approximate surface area is 328 Å². The maximum absolute atomic E-state index is 14.0. The van der Waals surface area contributed by atoms with Gasteiger partial charge < -0.3 is 58.6 Å². The number of carbonyl (C=O) groups excluding carboxylic acids is 7. The number of benzene rings is 2. The van der Waals surface area contributed by atoms with E-state index in [1.165, 1.54) is 26.0 Å². The third kappa shape index (κ3) is 14.3. The summed E-state index contributed by atoms with van der Waals surface area (Å²) in [7, 11) is 0. The number of nitrogens with two attached hydrogens (primary N) is 2. The van der Waals surface area contributed by atoms with Crippen LogP contribution in [-0.2, 0) is 51.2 Å². The lowest BCUT2D eigenvalue weighted by Gasteiger charge is -2.26. The summed E-state index contributed by atoms with van der Waals surface area (Å²) in [5.74, 6) is -7.36. The van der Waals surface area contributed by atoms with Gasteiger partial charge in [-0.1, -0.05) is 44.2 Å². The smallest absolute Gasteiger partial charge is 0.305 e. The number of carboxylic acid groups (broad SMARTS) is 1. The number of H-pyrrole nitrogens is 1. The molecule has 3 rings (SSSR count). The molecule has 0 aliphatic heterocycles. The van der Waals surface area contributed by atoms with E-state index in [-0.39, 0.29) is 30.9 Å². The fraction of sp³-hybridized carbons (Fsp3) is 0.421. The second-order valence-corrected chi connectivity index (χ2v) is 14.1. The Balaban J connectivity index is 1.83. The topological polar surface area (TPSA) is 317 Å². The van der Waals surface area contributed by atoms with E-state index in [9.17, 15) is 48.6 Å². The van der Waals surface area contributed by atoms with Crippen molar-refractivity contribution in [3.05, 3.63) is 65.9 Å². The summed E-state index contributed by atoms with van der Waals surface area (Å²) in [6, 6.07) is 5.63.